The third-order valence-corrected chi connectivity index (χ3v) is 2.46. The van der Waals surface area contributed by atoms with E-state index in [0.29, 0.717) is 12.2 Å². The van der Waals surface area contributed by atoms with Crippen molar-refractivity contribution in [1.82, 2.24) is 9.13 Å². The van der Waals surface area contributed by atoms with Crippen LogP contribution >= 0.6 is 0 Å². The van der Waals surface area contributed by atoms with Gasteiger partial charge in [0.15, 0.2) is 0 Å². The maximum atomic E-state index is 11.8. The molecule has 5 heteroatoms. The molecule has 1 aromatic heterocycles. The molecule has 0 atom stereocenters. The minimum atomic E-state index is -0.523. The lowest BCUT2D eigenvalue weighted by Crippen LogP contribution is -2.41. The molecular weight excluding hydrogens is 206 g/mol. The Labute approximate surface area is 93.6 Å². The molecule has 5 nitrogen and oxygen atoms in total. The SMILES string of the molecule is Cc1c(C#N)c(=O)n(C)c(=O)n1CC(C)C. The van der Waals surface area contributed by atoms with Crippen molar-refractivity contribution in [1.29, 1.82) is 5.26 Å². The Kier molecular flexibility index (Phi) is 3.33. The number of hydrogen-bond donors (Lipinski definition) is 0. The topological polar surface area (TPSA) is 67.8 Å². The summed E-state index contributed by atoms with van der Waals surface area (Å²) in [5, 5.41) is 8.89. The molecule has 0 N–H and O–H groups in total. The maximum absolute atomic E-state index is 11.8. The van der Waals surface area contributed by atoms with Crippen LogP contribution in [0.2, 0.25) is 0 Å². The van der Waals surface area contributed by atoms with Gasteiger partial charge in [-0.3, -0.25) is 13.9 Å². The Balaban J connectivity index is 3.64. The fraction of sp³-hybridized carbons (Fsp3) is 0.545. The molecule has 0 saturated heterocycles. The van der Waals surface area contributed by atoms with Crippen molar-refractivity contribution in [2.75, 3.05) is 0 Å². The Morgan fingerprint density at radius 3 is 2.38 bits per heavy atom. The van der Waals surface area contributed by atoms with Crippen LogP contribution in [0.5, 0.6) is 0 Å². The monoisotopic (exact) mass is 221 g/mol. The summed E-state index contributed by atoms with van der Waals surface area (Å²) in [5.41, 5.74) is -0.396. The van der Waals surface area contributed by atoms with Crippen LogP contribution in [0, 0.1) is 24.2 Å². The standard InChI is InChI=1S/C11H15N3O2/c1-7(2)6-14-8(3)9(5-12)10(15)13(4)11(14)16/h7H,6H2,1-4H3. The fourth-order valence-corrected chi connectivity index (χ4v) is 1.58. The molecule has 0 aliphatic carbocycles. The number of aromatic nitrogens is 2. The summed E-state index contributed by atoms with van der Waals surface area (Å²) < 4.78 is 2.46. The molecule has 86 valence electrons. The largest absolute Gasteiger partial charge is 0.330 e. The minimum absolute atomic E-state index is 0.0442. The van der Waals surface area contributed by atoms with E-state index in [0.717, 1.165) is 4.57 Å². The predicted octanol–water partition coefficient (Wildman–Crippen LogP) is 0.383. The second-order valence-electron chi connectivity index (χ2n) is 4.22. The van der Waals surface area contributed by atoms with Crippen molar-refractivity contribution < 1.29 is 0 Å². The molecule has 0 aliphatic rings. The van der Waals surface area contributed by atoms with Crippen LogP contribution in [0.25, 0.3) is 0 Å². The van der Waals surface area contributed by atoms with Gasteiger partial charge in [-0.2, -0.15) is 5.26 Å². The van der Waals surface area contributed by atoms with E-state index >= 15 is 0 Å². The number of rotatable bonds is 2. The van der Waals surface area contributed by atoms with E-state index in [1.807, 2.05) is 19.9 Å². The van der Waals surface area contributed by atoms with E-state index in [9.17, 15) is 9.59 Å². The highest BCUT2D eigenvalue weighted by Gasteiger charge is 2.14. The molecule has 0 aliphatic heterocycles. The third-order valence-electron chi connectivity index (χ3n) is 2.46. The van der Waals surface area contributed by atoms with Gasteiger partial charge >= 0.3 is 5.69 Å². The van der Waals surface area contributed by atoms with Crippen LogP contribution in [-0.4, -0.2) is 9.13 Å². The van der Waals surface area contributed by atoms with Crippen LogP contribution in [0.15, 0.2) is 9.59 Å². The highest BCUT2D eigenvalue weighted by molar-refractivity contribution is 5.30. The molecule has 0 aromatic carbocycles. The summed E-state index contributed by atoms with van der Waals surface area (Å²) in [6, 6.07) is 1.85. The van der Waals surface area contributed by atoms with Crippen LogP contribution in [0.3, 0.4) is 0 Å². The van der Waals surface area contributed by atoms with Gasteiger partial charge in [-0.15, -0.1) is 0 Å². The predicted molar refractivity (Wildman–Crippen MR) is 60.2 cm³/mol. The van der Waals surface area contributed by atoms with E-state index in [-0.39, 0.29) is 17.2 Å². The quantitative estimate of drug-likeness (QED) is 0.725. The van der Waals surface area contributed by atoms with Crippen LogP contribution < -0.4 is 11.2 Å². The van der Waals surface area contributed by atoms with Gasteiger partial charge < -0.3 is 0 Å². The first kappa shape index (κ1) is 12.2. The second-order valence-corrected chi connectivity index (χ2v) is 4.22. The first-order valence-electron chi connectivity index (χ1n) is 5.10. The van der Waals surface area contributed by atoms with Crippen molar-refractivity contribution in [2.45, 2.75) is 27.3 Å². The molecule has 1 aromatic rings. The summed E-state index contributed by atoms with van der Waals surface area (Å²) in [4.78, 5) is 23.4. The van der Waals surface area contributed by atoms with E-state index in [1.54, 1.807) is 6.92 Å². The average molecular weight is 221 g/mol. The summed E-state index contributed by atoms with van der Waals surface area (Å²) in [6.45, 7) is 6.09. The van der Waals surface area contributed by atoms with Gasteiger partial charge in [-0.05, 0) is 12.8 Å². The molecular formula is C11H15N3O2. The molecule has 0 unspecified atom stereocenters. The Hall–Kier alpha value is -1.83. The number of nitriles is 1. The van der Waals surface area contributed by atoms with Gasteiger partial charge in [0.2, 0.25) is 0 Å². The van der Waals surface area contributed by atoms with E-state index in [4.69, 9.17) is 5.26 Å². The average Bonchev–Trinajstić information content (AvgIpc) is 2.22. The smallest absolute Gasteiger partial charge is 0.296 e. The number of nitrogens with zero attached hydrogens (tertiary/aromatic N) is 3. The zero-order valence-electron chi connectivity index (χ0n) is 9.94. The van der Waals surface area contributed by atoms with Gasteiger partial charge in [0.25, 0.3) is 5.56 Å². The lowest BCUT2D eigenvalue weighted by Gasteiger charge is -2.14. The Bertz CT molecular complexity index is 558. The molecule has 16 heavy (non-hydrogen) atoms. The normalized spacial score (nSPS) is 10.5. The highest BCUT2D eigenvalue weighted by atomic mass is 16.2. The summed E-state index contributed by atoms with van der Waals surface area (Å²) >= 11 is 0. The minimum Gasteiger partial charge on any atom is -0.296 e. The number of hydrogen-bond acceptors (Lipinski definition) is 3. The van der Waals surface area contributed by atoms with Gasteiger partial charge in [0.1, 0.15) is 11.6 Å². The molecule has 0 amide bonds. The third kappa shape index (κ3) is 1.91. The zero-order valence-corrected chi connectivity index (χ0v) is 9.94. The Morgan fingerprint density at radius 2 is 1.94 bits per heavy atom. The van der Waals surface area contributed by atoms with Crippen molar-refractivity contribution in [3.8, 4) is 6.07 Å². The summed E-state index contributed by atoms with van der Waals surface area (Å²) in [5.74, 6) is 0.278. The fourth-order valence-electron chi connectivity index (χ4n) is 1.58. The maximum Gasteiger partial charge on any atom is 0.330 e. The molecule has 0 spiro atoms. The van der Waals surface area contributed by atoms with E-state index < -0.39 is 5.56 Å². The van der Waals surface area contributed by atoms with E-state index in [1.165, 1.54) is 11.6 Å². The highest BCUT2D eigenvalue weighted by Crippen LogP contribution is 2.02. The molecule has 0 fully saturated rings. The van der Waals surface area contributed by atoms with Crippen molar-refractivity contribution in [3.63, 3.8) is 0 Å². The van der Waals surface area contributed by atoms with Crippen molar-refractivity contribution >= 4 is 0 Å². The molecule has 1 rings (SSSR count). The summed E-state index contributed by atoms with van der Waals surface area (Å²) in [7, 11) is 1.39. The van der Waals surface area contributed by atoms with Crippen LogP contribution in [0.4, 0.5) is 0 Å². The van der Waals surface area contributed by atoms with E-state index in [2.05, 4.69) is 0 Å². The van der Waals surface area contributed by atoms with Gasteiger partial charge in [-0.25, -0.2) is 4.79 Å². The first-order chi connectivity index (χ1) is 7.40. The second kappa shape index (κ2) is 4.35. The van der Waals surface area contributed by atoms with Crippen molar-refractivity contribution in [2.24, 2.45) is 13.0 Å². The molecule has 0 saturated carbocycles. The molecule has 0 radical (unpaired) electrons. The molecule has 1 heterocycles. The van der Waals surface area contributed by atoms with Gasteiger partial charge in [-0.1, -0.05) is 13.8 Å². The lowest BCUT2D eigenvalue weighted by atomic mass is 10.2. The molecule has 0 bridgehead atoms. The van der Waals surface area contributed by atoms with Gasteiger partial charge in [0.05, 0.1) is 0 Å². The van der Waals surface area contributed by atoms with Crippen molar-refractivity contribution in [3.05, 3.63) is 32.1 Å². The Morgan fingerprint density at radius 1 is 1.38 bits per heavy atom. The summed E-state index contributed by atoms with van der Waals surface area (Å²) in [6.07, 6.45) is 0. The van der Waals surface area contributed by atoms with Crippen LogP contribution in [-0.2, 0) is 13.6 Å². The zero-order chi connectivity index (χ0) is 12.5. The first-order valence-corrected chi connectivity index (χ1v) is 5.10. The van der Waals surface area contributed by atoms with Gasteiger partial charge in [0, 0.05) is 19.3 Å². The lowest BCUT2D eigenvalue weighted by molar-refractivity contribution is 0.477. The van der Waals surface area contributed by atoms with Crippen LogP contribution in [0.1, 0.15) is 25.1 Å².